The standard InChI is InChI=1S/C14H14N4O6/c15-9-1-3-13(11(7-9)17(19)20)23-5-6-24-14-4-2-10(16)8-12(14)18(21)22/h1-4,7-8H,5-6,15-16H2. The van der Waals surface area contributed by atoms with Crippen LogP contribution >= 0.6 is 0 Å². The first-order valence-corrected chi connectivity index (χ1v) is 6.72. The van der Waals surface area contributed by atoms with Gasteiger partial charge in [0.2, 0.25) is 0 Å². The lowest BCUT2D eigenvalue weighted by Crippen LogP contribution is -2.11. The summed E-state index contributed by atoms with van der Waals surface area (Å²) in [4.78, 5) is 20.6. The molecule has 2 rings (SSSR count). The first-order valence-electron chi connectivity index (χ1n) is 6.72. The average Bonchev–Trinajstić information content (AvgIpc) is 2.53. The van der Waals surface area contributed by atoms with Crippen molar-refractivity contribution >= 4 is 22.7 Å². The van der Waals surface area contributed by atoms with Crippen LogP contribution in [-0.2, 0) is 0 Å². The van der Waals surface area contributed by atoms with E-state index in [2.05, 4.69) is 0 Å². The Morgan fingerprint density at radius 1 is 0.792 bits per heavy atom. The van der Waals surface area contributed by atoms with Gasteiger partial charge < -0.3 is 20.9 Å². The second-order valence-corrected chi connectivity index (χ2v) is 4.67. The molecule has 0 unspecified atom stereocenters. The van der Waals surface area contributed by atoms with Crippen LogP contribution in [0.1, 0.15) is 0 Å². The molecule has 0 aliphatic carbocycles. The van der Waals surface area contributed by atoms with Crippen LogP contribution in [0.2, 0.25) is 0 Å². The largest absolute Gasteiger partial charge is 0.483 e. The molecule has 0 heterocycles. The van der Waals surface area contributed by atoms with E-state index >= 15 is 0 Å². The van der Waals surface area contributed by atoms with Crippen molar-refractivity contribution in [1.29, 1.82) is 0 Å². The van der Waals surface area contributed by atoms with E-state index in [1.54, 1.807) is 0 Å². The second kappa shape index (κ2) is 7.13. The molecule has 2 aromatic carbocycles. The van der Waals surface area contributed by atoms with Crippen LogP contribution in [0.4, 0.5) is 22.7 Å². The van der Waals surface area contributed by atoms with E-state index in [0.29, 0.717) is 0 Å². The van der Waals surface area contributed by atoms with Gasteiger partial charge in [-0.05, 0) is 24.3 Å². The van der Waals surface area contributed by atoms with Gasteiger partial charge in [0.05, 0.1) is 9.85 Å². The fourth-order valence-corrected chi connectivity index (χ4v) is 1.90. The van der Waals surface area contributed by atoms with Gasteiger partial charge in [-0.2, -0.15) is 0 Å². The fourth-order valence-electron chi connectivity index (χ4n) is 1.90. The number of hydrogen-bond acceptors (Lipinski definition) is 8. The third-order valence-corrected chi connectivity index (χ3v) is 2.96. The van der Waals surface area contributed by atoms with Gasteiger partial charge in [-0.25, -0.2) is 0 Å². The minimum atomic E-state index is -0.614. The molecule has 0 saturated carbocycles. The van der Waals surface area contributed by atoms with Gasteiger partial charge in [-0.3, -0.25) is 20.2 Å². The highest BCUT2D eigenvalue weighted by atomic mass is 16.6. The molecule has 0 aliphatic rings. The van der Waals surface area contributed by atoms with Gasteiger partial charge in [-0.15, -0.1) is 0 Å². The minimum absolute atomic E-state index is 0.0320. The summed E-state index contributed by atoms with van der Waals surface area (Å²) in [5.41, 5.74) is 10.9. The normalized spacial score (nSPS) is 10.2. The fraction of sp³-hybridized carbons (Fsp3) is 0.143. The van der Waals surface area contributed by atoms with Gasteiger partial charge >= 0.3 is 11.4 Å². The minimum Gasteiger partial charge on any atom is -0.483 e. The van der Waals surface area contributed by atoms with Gasteiger partial charge in [0.1, 0.15) is 13.2 Å². The molecular weight excluding hydrogens is 320 g/mol. The van der Waals surface area contributed by atoms with Crippen LogP contribution < -0.4 is 20.9 Å². The molecule has 126 valence electrons. The zero-order valence-corrected chi connectivity index (χ0v) is 12.4. The Labute approximate surface area is 135 Å². The Morgan fingerprint density at radius 3 is 1.50 bits per heavy atom. The molecule has 2 aromatic rings. The molecule has 0 bridgehead atoms. The van der Waals surface area contributed by atoms with Crippen LogP contribution in [0.3, 0.4) is 0 Å². The Bertz CT molecular complexity index is 714. The van der Waals surface area contributed by atoms with Gasteiger partial charge in [0.25, 0.3) is 0 Å². The molecule has 24 heavy (non-hydrogen) atoms. The summed E-state index contributed by atoms with van der Waals surface area (Å²) in [6.45, 7) is -0.0986. The highest BCUT2D eigenvalue weighted by Gasteiger charge is 2.17. The smallest absolute Gasteiger partial charge is 0.312 e. The van der Waals surface area contributed by atoms with Crippen molar-refractivity contribution in [1.82, 2.24) is 0 Å². The number of nitrogen functional groups attached to an aromatic ring is 2. The maximum absolute atomic E-state index is 10.9. The van der Waals surface area contributed by atoms with Gasteiger partial charge in [-0.1, -0.05) is 0 Å². The summed E-state index contributed by atoms with van der Waals surface area (Å²) < 4.78 is 10.6. The Morgan fingerprint density at radius 2 is 1.17 bits per heavy atom. The van der Waals surface area contributed by atoms with Crippen molar-refractivity contribution in [3.8, 4) is 11.5 Å². The van der Waals surface area contributed by atoms with E-state index < -0.39 is 9.85 Å². The zero-order chi connectivity index (χ0) is 17.7. The topological polar surface area (TPSA) is 157 Å². The van der Waals surface area contributed by atoms with E-state index in [4.69, 9.17) is 20.9 Å². The number of rotatable bonds is 7. The summed E-state index contributed by atoms with van der Waals surface area (Å²) in [7, 11) is 0. The van der Waals surface area contributed by atoms with E-state index in [9.17, 15) is 20.2 Å². The number of nitrogens with two attached hydrogens (primary N) is 2. The van der Waals surface area contributed by atoms with Gasteiger partial charge in [0.15, 0.2) is 11.5 Å². The van der Waals surface area contributed by atoms with E-state index in [1.807, 2.05) is 0 Å². The lowest BCUT2D eigenvalue weighted by molar-refractivity contribution is -0.386. The van der Waals surface area contributed by atoms with Crippen molar-refractivity contribution in [3.05, 3.63) is 56.6 Å². The van der Waals surface area contributed by atoms with Gasteiger partial charge in [0, 0.05) is 23.5 Å². The van der Waals surface area contributed by atoms with E-state index in [-0.39, 0.29) is 47.5 Å². The van der Waals surface area contributed by atoms with Crippen LogP contribution in [0.15, 0.2) is 36.4 Å². The van der Waals surface area contributed by atoms with Crippen LogP contribution in [-0.4, -0.2) is 23.1 Å². The molecule has 0 fully saturated rings. The number of nitrogens with zero attached hydrogens (tertiary/aromatic N) is 2. The summed E-state index contributed by atoms with van der Waals surface area (Å²) in [5.74, 6) is 0.0641. The van der Waals surface area contributed by atoms with Crippen LogP contribution in [0, 0.1) is 20.2 Å². The third-order valence-electron chi connectivity index (χ3n) is 2.96. The molecule has 0 atom stereocenters. The highest BCUT2D eigenvalue weighted by molar-refractivity contribution is 5.57. The summed E-state index contributed by atoms with van der Waals surface area (Å²) in [6.07, 6.45) is 0. The number of hydrogen-bond donors (Lipinski definition) is 2. The van der Waals surface area contributed by atoms with Crippen molar-refractivity contribution in [2.75, 3.05) is 24.7 Å². The summed E-state index contributed by atoms with van der Waals surface area (Å²) in [5, 5.41) is 21.9. The van der Waals surface area contributed by atoms with E-state index in [0.717, 1.165) is 0 Å². The van der Waals surface area contributed by atoms with Crippen LogP contribution in [0.25, 0.3) is 0 Å². The zero-order valence-electron chi connectivity index (χ0n) is 12.4. The SMILES string of the molecule is Nc1ccc(OCCOc2ccc(N)cc2[N+](=O)[O-])c([N+](=O)[O-])c1. The van der Waals surface area contributed by atoms with E-state index in [1.165, 1.54) is 36.4 Å². The Hall–Kier alpha value is -3.56. The third kappa shape index (κ3) is 4.00. The Balaban J connectivity index is 1.99. The highest BCUT2D eigenvalue weighted by Crippen LogP contribution is 2.30. The molecule has 0 saturated heterocycles. The number of nitro benzene ring substituents is 2. The quantitative estimate of drug-likeness (QED) is 0.337. The molecular formula is C14H14N4O6. The molecule has 0 spiro atoms. The average molecular weight is 334 g/mol. The van der Waals surface area contributed by atoms with Crippen molar-refractivity contribution in [2.24, 2.45) is 0 Å². The lowest BCUT2D eigenvalue weighted by Gasteiger charge is -2.09. The van der Waals surface area contributed by atoms with Crippen molar-refractivity contribution < 1.29 is 19.3 Å². The maximum atomic E-state index is 10.9. The van der Waals surface area contributed by atoms with Crippen LogP contribution in [0.5, 0.6) is 11.5 Å². The first kappa shape index (κ1) is 16.8. The Kier molecular flexibility index (Phi) is 5.00. The number of ether oxygens (including phenoxy) is 2. The molecule has 10 heteroatoms. The lowest BCUT2D eigenvalue weighted by atomic mass is 10.2. The molecule has 0 aliphatic heterocycles. The molecule has 10 nitrogen and oxygen atoms in total. The van der Waals surface area contributed by atoms with Crippen molar-refractivity contribution in [2.45, 2.75) is 0 Å². The number of benzene rings is 2. The number of nitro groups is 2. The monoisotopic (exact) mass is 334 g/mol. The first-order chi connectivity index (χ1) is 11.4. The predicted octanol–water partition coefficient (Wildman–Crippen LogP) is 2.13. The van der Waals surface area contributed by atoms with Crippen molar-refractivity contribution in [3.63, 3.8) is 0 Å². The predicted molar refractivity (Wildman–Crippen MR) is 86.0 cm³/mol. The molecule has 0 amide bonds. The molecule has 4 N–H and O–H groups in total. The second-order valence-electron chi connectivity index (χ2n) is 4.67. The molecule has 0 radical (unpaired) electrons. The maximum Gasteiger partial charge on any atom is 0.312 e. The summed E-state index contributed by atoms with van der Waals surface area (Å²) in [6, 6.07) is 8.04. The number of anilines is 2. The molecule has 0 aromatic heterocycles. The summed E-state index contributed by atoms with van der Waals surface area (Å²) >= 11 is 0.